The number of H-pyrrole nitrogens is 1. The fourth-order valence-electron chi connectivity index (χ4n) is 2.08. The molecule has 0 aliphatic rings. The fourth-order valence-corrected chi connectivity index (χ4v) is 2.08. The Bertz CT molecular complexity index is 659. The van der Waals surface area contributed by atoms with Gasteiger partial charge in [-0.2, -0.15) is 5.10 Å². The molecule has 0 unspecified atom stereocenters. The number of aromatic nitrogens is 2. The van der Waals surface area contributed by atoms with Crippen LogP contribution in [0.15, 0.2) is 24.3 Å². The monoisotopic (exact) mass is 320 g/mol. The van der Waals surface area contributed by atoms with Gasteiger partial charge in [0.15, 0.2) is 5.69 Å². The molecule has 7 heteroatoms. The van der Waals surface area contributed by atoms with Crippen LogP contribution in [0.3, 0.4) is 0 Å². The quantitative estimate of drug-likeness (QED) is 0.827. The number of nitrogens with one attached hydrogen (secondary N) is 1. The molecule has 0 aliphatic heterocycles. The van der Waals surface area contributed by atoms with Crippen molar-refractivity contribution < 1.29 is 23.5 Å². The maximum Gasteiger partial charge on any atom is 0.359 e. The smallest absolute Gasteiger partial charge is 0.359 e. The molecule has 0 fully saturated rings. The third kappa shape index (κ3) is 3.94. The van der Waals surface area contributed by atoms with Gasteiger partial charge in [-0.25, -0.2) is 14.0 Å². The molecule has 0 saturated heterocycles. The van der Waals surface area contributed by atoms with Crippen LogP contribution in [0, 0.1) is 5.82 Å². The molecule has 0 radical (unpaired) electrons. The fraction of sp³-hybridized carbons (Fsp3) is 0.312. The molecule has 1 heterocycles. The van der Waals surface area contributed by atoms with Gasteiger partial charge in [-0.15, -0.1) is 0 Å². The molecule has 0 atom stereocenters. The molecular weight excluding hydrogens is 303 g/mol. The molecular formula is C16H17FN2O4. The highest BCUT2D eigenvalue weighted by Gasteiger charge is 2.25. The number of rotatable bonds is 6. The summed E-state index contributed by atoms with van der Waals surface area (Å²) >= 11 is 0. The van der Waals surface area contributed by atoms with E-state index in [9.17, 15) is 14.0 Å². The van der Waals surface area contributed by atoms with Crippen molar-refractivity contribution in [1.82, 2.24) is 10.2 Å². The van der Waals surface area contributed by atoms with Crippen molar-refractivity contribution in [2.45, 2.75) is 20.3 Å². The first-order valence-corrected chi connectivity index (χ1v) is 7.22. The number of aromatic amines is 1. The molecule has 23 heavy (non-hydrogen) atoms. The van der Waals surface area contributed by atoms with Gasteiger partial charge in [-0.05, 0) is 31.5 Å². The predicted molar refractivity (Wildman–Crippen MR) is 79.7 cm³/mol. The summed E-state index contributed by atoms with van der Waals surface area (Å²) in [6, 6.07) is 5.77. The summed E-state index contributed by atoms with van der Waals surface area (Å²) < 4.78 is 22.9. The topological polar surface area (TPSA) is 81.3 Å². The second kappa shape index (κ2) is 7.53. The second-order valence-corrected chi connectivity index (χ2v) is 4.67. The molecule has 0 amide bonds. The highest BCUT2D eigenvalue weighted by atomic mass is 19.1. The number of carbonyl (C=O) groups is 2. The van der Waals surface area contributed by atoms with Crippen LogP contribution in [0.2, 0.25) is 0 Å². The zero-order chi connectivity index (χ0) is 16.8. The molecule has 0 bridgehead atoms. The first kappa shape index (κ1) is 16.7. The zero-order valence-corrected chi connectivity index (χ0v) is 12.9. The number of carbonyl (C=O) groups excluding carboxylic acids is 2. The van der Waals surface area contributed by atoms with Gasteiger partial charge in [-0.3, -0.25) is 5.10 Å². The third-order valence-corrected chi connectivity index (χ3v) is 3.11. The summed E-state index contributed by atoms with van der Waals surface area (Å²) in [4.78, 5) is 24.0. The van der Waals surface area contributed by atoms with Crippen LogP contribution < -0.4 is 0 Å². The van der Waals surface area contributed by atoms with E-state index in [1.807, 2.05) is 0 Å². The van der Waals surface area contributed by atoms with Crippen LogP contribution in [0.4, 0.5) is 4.39 Å². The Labute approximate surface area is 132 Å². The van der Waals surface area contributed by atoms with Crippen molar-refractivity contribution in [3.63, 3.8) is 0 Å². The van der Waals surface area contributed by atoms with E-state index < -0.39 is 11.9 Å². The van der Waals surface area contributed by atoms with E-state index in [-0.39, 0.29) is 36.8 Å². The molecule has 1 aromatic heterocycles. The molecule has 6 nitrogen and oxygen atoms in total. The van der Waals surface area contributed by atoms with Crippen molar-refractivity contribution in [3.8, 4) is 0 Å². The van der Waals surface area contributed by atoms with E-state index in [0.717, 1.165) is 5.56 Å². The van der Waals surface area contributed by atoms with Gasteiger partial charge in [0.2, 0.25) is 0 Å². The highest BCUT2D eigenvalue weighted by Crippen LogP contribution is 2.19. The lowest BCUT2D eigenvalue weighted by atomic mass is 10.0. The summed E-state index contributed by atoms with van der Waals surface area (Å²) in [5, 5.41) is 6.41. The second-order valence-electron chi connectivity index (χ2n) is 4.67. The SMILES string of the molecule is CCOC(=O)c1n[nH]c(C(=O)OCC)c1Cc1ccc(F)cc1. The van der Waals surface area contributed by atoms with Gasteiger partial charge in [-0.1, -0.05) is 12.1 Å². The summed E-state index contributed by atoms with van der Waals surface area (Å²) in [7, 11) is 0. The van der Waals surface area contributed by atoms with E-state index in [1.54, 1.807) is 26.0 Å². The van der Waals surface area contributed by atoms with Gasteiger partial charge < -0.3 is 9.47 Å². The maximum atomic E-state index is 13.0. The van der Waals surface area contributed by atoms with Gasteiger partial charge in [0.25, 0.3) is 0 Å². The average molecular weight is 320 g/mol. The molecule has 122 valence electrons. The largest absolute Gasteiger partial charge is 0.461 e. The van der Waals surface area contributed by atoms with Crippen LogP contribution in [0.1, 0.15) is 46.0 Å². The van der Waals surface area contributed by atoms with E-state index in [0.29, 0.717) is 5.56 Å². The minimum absolute atomic E-state index is 0.0271. The number of benzene rings is 1. The molecule has 1 N–H and O–H groups in total. The Morgan fingerprint density at radius 2 is 1.70 bits per heavy atom. The summed E-state index contributed by atoms with van der Waals surface area (Å²) in [5.74, 6) is -1.60. The van der Waals surface area contributed by atoms with Crippen molar-refractivity contribution in [1.29, 1.82) is 0 Å². The van der Waals surface area contributed by atoms with Gasteiger partial charge in [0.05, 0.1) is 13.2 Å². The van der Waals surface area contributed by atoms with E-state index in [1.165, 1.54) is 12.1 Å². The van der Waals surface area contributed by atoms with Crippen LogP contribution >= 0.6 is 0 Å². The highest BCUT2D eigenvalue weighted by molar-refractivity contribution is 5.96. The predicted octanol–water partition coefficient (Wildman–Crippen LogP) is 2.49. The van der Waals surface area contributed by atoms with E-state index >= 15 is 0 Å². The molecule has 1 aromatic carbocycles. The number of hydrogen-bond acceptors (Lipinski definition) is 5. The van der Waals surface area contributed by atoms with Crippen molar-refractivity contribution >= 4 is 11.9 Å². The normalized spacial score (nSPS) is 10.4. The van der Waals surface area contributed by atoms with Gasteiger partial charge >= 0.3 is 11.9 Å². The Kier molecular flexibility index (Phi) is 5.46. The van der Waals surface area contributed by atoms with Crippen molar-refractivity contribution in [2.24, 2.45) is 0 Å². The first-order chi connectivity index (χ1) is 11.1. The van der Waals surface area contributed by atoms with Crippen molar-refractivity contribution in [2.75, 3.05) is 13.2 Å². The van der Waals surface area contributed by atoms with Gasteiger partial charge in [0, 0.05) is 12.0 Å². The number of nitrogens with zero attached hydrogens (tertiary/aromatic N) is 1. The molecule has 2 aromatic rings. The lowest BCUT2D eigenvalue weighted by Gasteiger charge is -2.06. The Morgan fingerprint density at radius 1 is 1.09 bits per heavy atom. The number of esters is 2. The van der Waals surface area contributed by atoms with Crippen LogP contribution in [-0.2, 0) is 15.9 Å². The molecule has 0 spiro atoms. The Balaban J connectivity index is 2.39. The molecule has 2 rings (SSSR count). The number of hydrogen-bond donors (Lipinski definition) is 1. The summed E-state index contributed by atoms with van der Waals surface area (Å²) in [5.41, 5.74) is 1.22. The number of ether oxygens (including phenoxy) is 2. The van der Waals surface area contributed by atoms with Crippen LogP contribution in [0.5, 0.6) is 0 Å². The Hall–Kier alpha value is -2.70. The third-order valence-electron chi connectivity index (χ3n) is 3.11. The summed E-state index contributed by atoms with van der Waals surface area (Å²) in [6.45, 7) is 3.75. The van der Waals surface area contributed by atoms with E-state index in [2.05, 4.69) is 10.2 Å². The number of halogens is 1. The maximum absolute atomic E-state index is 13.0. The van der Waals surface area contributed by atoms with Gasteiger partial charge in [0.1, 0.15) is 11.5 Å². The average Bonchev–Trinajstić information content (AvgIpc) is 2.94. The lowest BCUT2D eigenvalue weighted by Crippen LogP contribution is -2.12. The minimum Gasteiger partial charge on any atom is -0.461 e. The molecule has 0 saturated carbocycles. The Morgan fingerprint density at radius 3 is 2.30 bits per heavy atom. The standard InChI is InChI=1S/C16H17FN2O4/c1-3-22-15(20)13-12(9-10-5-7-11(17)8-6-10)14(19-18-13)16(21)23-4-2/h5-8H,3-4,9H2,1-2H3,(H,18,19). The lowest BCUT2D eigenvalue weighted by molar-refractivity contribution is 0.0513. The van der Waals surface area contributed by atoms with Crippen LogP contribution in [-0.4, -0.2) is 35.3 Å². The van der Waals surface area contributed by atoms with Crippen molar-refractivity contribution in [3.05, 3.63) is 52.6 Å². The first-order valence-electron chi connectivity index (χ1n) is 7.22. The molecule has 0 aliphatic carbocycles. The van der Waals surface area contributed by atoms with E-state index in [4.69, 9.17) is 9.47 Å². The summed E-state index contributed by atoms with van der Waals surface area (Å²) in [6.07, 6.45) is 0.221. The minimum atomic E-state index is -0.628. The van der Waals surface area contributed by atoms with Crippen LogP contribution in [0.25, 0.3) is 0 Å². The zero-order valence-electron chi connectivity index (χ0n) is 12.9.